The van der Waals surface area contributed by atoms with E-state index in [4.69, 9.17) is 0 Å². The average Bonchev–Trinajstić information content (AvgIpc) is 2.54. The van der Waals surface area contributed by atoms with Crippen LogP contribution in [0.2, 0.25) is 0 Å². The van der Waals surface area contributed by atoms with Crippen molar-refractivity contribution in [1.29, 1.82) is 0 Å². The van der Waals surface area contributed by atoms with E-state index >= 15 is 0 Å². The van der Waals surface area contributed by atoms with Gasteiger partial charge in [-0.25, -0.2) is 0 Å². The van der Waals surface area contributed by atoms with Crippen LogP contribution in [0.3, 0.4) is 0 Å². The van der Waals surface area contributed by atoms with E-state index < -0.39 is 0 Å². The van der Waals surface area contributed by atoms with Crippen LogP contribution in [0, 0.1) is 0 Å². The first-order valence-electron chi connectivity index (χ1n) is 7.35. The third kappa shape index (κ3) is 2.08. The SMILES string of the molecule is CCC(C)Nc1ccc(O)c2c1C(=O)c1ccccc1C2=O. The molecule has 1 aliphatic carbocycles. The lowest BCUT2D eigenvalue weighted by Crippen LogP contribution is -2.24. The Bertz CT molecular complexity index is 780. The van der Waals surface area contributed by atoms with Crippen molar-refractivity contribution in [1.82, 2.24) is 0 Å². The minimum Gasteiger partial charge on any atom is -0.507 e. The first-order chi connectivity index (χ1) is 10.5. The van der Waals surface area contributed by atoms with Crippen LogP contribution in [-0.4, -0.2) is 22.7 Å². The molecule has 0 aliphatic heterocycles. The van der Waals surface area contributed by atoms with Gasteiger partial charge in [0, 0.05) is 22.9 Å². The second-order valence-corrected chi connectivity index (χ2v) is 5.54. The number of anilines is 1. The van der Waals surface area contributed by atoms with Gasteiger partial charge in [0.05, 0.1) is 11.1 Å². The summed E-state index contributed by atoms with van der Waals surface area (Å²) in [6.45, 7) is 4.04. The third-order valence-corrected chi connectivity index (χ3v) is 4.07. The van der Waals surface area contributed by atoms with Crippen LogP contribution in [0.1, 0.15) is 52.1 Å². The van der Waals surface area contributed by atoms with Gasteiger partial charge in [0.15, 0.2) is 11.6 Å². The highest BCUT2D eigenvalue weighted by Gasteiger charge is 2.33. The number of nitrogens with one attached hydrogen (secondary N) is 1. The van der Waals surface area contributed by atoms with Crippen LogP contribution in [0.25, 0.3) is 0 Å². The summed E-state index contributed by atoms with van der Waals surface area (Å²) in [4.78, 5) is 25.4. The van der Waals surface area contributed by atoms with Crippen molar-refractivity contribution in [2.24, 2.45) is 0 Å². The molecule has 0 bridgehead atoms. The van der Waals surface area contributed by atoms with Gasteiger partial charge in [0.1, 0.15) is 5.75 Å². The number of rotatable bonds is 3. The lowest BCUT2D eigenvalue weighted by atomic mass is 9.82. The zero-order chi connectivity index (χ0) is 15.9. The number of carbonyl (C=O) groups is 2. The molecule has 22 heavy (non-hydrogen) atoms. The molecule has 2 N–H and O–H groups in total. The third-order valence-electron chi connectivity index (χ3n) is 4.07. The monoisotopic (exact) mass is 295 g/mol. The van der Waals surface area contributed by atoms with Crippen molar-refractivity contribution in [3.63, 3.8) is 0 Å². The number of hydrogen-bond donors (Lipinski definition) is 2. The minimum atomic E-state index is -0.310. The second kappa shape index (κ2) is 5.30. The van der Waals surface area contributed by atoms with E-state index in [1.165, 1.54) is 6.07 Å². The molecule has 3 rings (SSSR count). The van der Waals surface area contributed by atoms with E-state index in [0.717, 1.165) is 6.42 Å². The van der Waals surface area contributed by atoms with Gasteiger partial charge in [-0.2, -0.15) is 0 Å². The first kappa shape index (κ1) is 14.3. The zero-order valence-electron chi connectivity index (χ0n) is 12.5. The Morgan fingerprint density at radius 2 is 1.59 bits per heavy atom. The lowest BCUT2D eigenvalue weighted by Gasteiger charge is -2.23. The van der Waals surface area contributed by atoms with Crippen molar-refractivity contribution >= 4 is 17.3 Å². The molecule has 112 valence electrons. The van der Waals surface area contributed by atoms with Gasteiger partial charge in [-0.05, 0) is 25.5 Å². The smallest absolute Gasteiger partial charge is 0.198 e. The molecular formula is C18H17NO3. The van der Waals surface area contributed by atoms with Gasteiger partial charge >= 0.3 is 0 Å². The molecule has 0 heterocycles. The van der Waals surface area contributed by atoms with E-state index in [1.54, 1.807) is 30.3 Å². The summed E-state index contributed by atoms with van der Waals surface area (Å²) in [6.07, 6.45) is 0.883. The van der Waals surface area contributed by atoms with Gasteiger partial charge in [0.2, 0.25) is 0 Å². The molecule has 1 atom stereocenters. The number of fused-ring (bicyclic) bond motifs is 2. The van der Waals surface area contributed by atoms with Crippen molar-refractivity contribution in [3.05, 3.63) is 58.7 Å². The van der Waals surface area contributed by atoms with E-state index in [2.05, 4.69) is 5.32 Å². The van der Waals surface area contributed by atoms with E-state index in [1.807, 2.05) is 13.8 Å². The summed E-state index contributed by atoms with van der Waals surface area (Å²) in [6, 6.07) is 9.99. The van der Waals surface area contributed by atoms with Crippen LogP contribution in [0.15, 0.2) is 36.4 Å². The largest absolute Gasteiger partial charge is 0.507 e. The van der Waals surface area contributed by atoms with Crippen molar-refractivity contribution in [2.75, 3.05) is 5.32 Å². The number of phenols is 1. The van der Waals surface area contributed by atoms with Crippen molar-refractivity contribution in [3.8, 4) is 5.75 Å². The highest BCUT2D eigenvalue weighted by atomic mass is 16.3. The van der Waals surface area contributed by atoms with Crippen LogP contribution < -0.4 is 5.32 Å². The number of ketones is 2. The summed E-state index contributed by atoms with van der Waals surface area (Å²) in [5.74, 6) is -0.694. The van der Waals surface area contributed by atoms with E-state index in [-0.39, 0.29) is 34.5 Å². The number of phenolic OH excluding ortho intramolecular Hbond substituents is 1. The summed E-state index contributed by atoms with van der Waals surface area (Å²) in [7, 11) is 0. The molecule has 1 aliphatic rings. The molecule has 2 aromatic rings. The maximum atomic E-state index is 12.8. The molecule has 0 amide bonds. The summed E-state index contributed by atoms with van der Waals surface area (Å²) >= 11 is 0. The average molecular weight is 295 g/mol. The fraction of sp³-hybridized carbons (Fsp3) is 0.222. The summed E-state index contributed by atoms with van der Waals surface area (Å²) < 4.78 is 0. The topological polar surface area (TPSA) is 66.4 Å². The molecule has 0 spiro atoms. The van der Waals surface area contributed by atoms with Gasteiger partial charge in [0.25, 0.3) is 0 Å². The molecule has 0 saturated carbocycles. The van der Waals surface area contributed by atoms with Crippen LogP contribution in [0.4, 0.5) is 5.69 Å². The van der Waals surface area contributed by atoms with Crippen LogP contribution >= 0.6 is 0 Å². The van der Waals surface area contributed by atoms with Gasteiger partial charge in [-0.1, -0.05) is 31.2 Å². The Kier molecular flexibility index (Phi) is 3.45. The molecular weight excluding hydrogens is 278 g/mol. The highest BCUT2D eigenvalue weighted by Crippen LogP contribution is 2.37. The summed E-state index contributed by atoms with van der Waals surface area (Å²) in [5, 5.41) is 13.3. The summed E-state index contributed by atoms with van der Waals surface area (Å²) in [5.41, 5.74) is 1.68. The predicted molar refractivity (Wildman–Crippen MR) is 84.8 cm³/mol. The Labute approximate surface area is 128 Å². The molecule has 4 heteroatoms. The van der Waals surface area contributed by atoms with E-state index in [9.17, 15) is 14.7 Å². The van der Waals surface area contributed by atoms with Gasteiger partial charge in [-0.15, -0.1) is 0 Å². The maximum Gasteiger partial charge on any atom is 0.198 e. The molecule has 0 saturated heterocycles. The standard InChI is InChI=1S/C18H17NO3/c1-3-10(2)19-13-8-9-14(20)16-15(13)17(21)11-6-4-5-7-12(11)18(16)22/h4-10,19-20H,3H2,1-2H3. The molecule has 4 nitrogen and oxygen atoms in total. The Balaban J connectivity index is 2.23. The number of aromatic hydroxyl groups is 1. The maximum absolute atomic E-state index is 12.8. The molecule has 1 unspecified atom stereocenters. The highest BCUT2D eigenvalue weighted by molar-refractivity contribution is 6.31. The quantitative estimate of drug-likeness (QED) is 0.727. The van der Waals surface area contributed by atoms with Crippen LogP contribution in [-0.2, 0) is 0 Å². The molecule has 0 fully saturated rings. The van der Waals surface area contributed by atoms with Crippen molar-refractivity contribution < 1.29 is 14.7 Å². The zero-order valence-corrected chi connectivity index (χ0v) is 12.5. The van der Waals surface area contributed by atoms with Crippen LogP contribution in [0.5, 0.6) is 5.75 Å². The second-order valence-electron chi connectivity index (χ2n) is 5.54. The van der Waals surface area contributed by atoms with Gasteiger partial charge in [-0.3, -0.25) is 9.59 Å². The van der Waals surface area contributed by atoms with Gasteiger partial charge < -0.3 is 10.4 Å². The Morgan fingerprint density at radius 3 is 2.18 bits per heavy atom. The Hall–Kier alpha value is -2.62. The minimum absolute atomic E-state index is 0.0944. The molecule has 2 aromatic carbocycles. The number of carbonyl (C=O) groups excluding carboxylic acids is 2. The fourth-order valence-corrected chi connectivity index (χ4v) is 2.69. The Morgan fingerprint density at radius 1 is 1.00 bits per heavy atom. The number of hydrogen-bond acceptors (Lipinski definition) is 4. The first-order valence-corrected chi connectivity index (χ1v) is 7.35. The van der Waals surface area contributed by atoms with Crippen molar-refractivity contribution in [2.45, 2.75) is 26.3 Å². The fourth-order valence-electron chi connectivity index (χ4n) is 2.69. The molecule has 0 radical (unpaired) electrons. The normalized spacial score (nSPS) is 14.3. The lowest BCUT2D eigenvalue weighted by molar-refractivity contribution is 0.0977. The molecule has 0 aromatic heterocycles. The van der Waals surface area contributed by atoms with E-state index in [0.29, 0.717) is 16.8 Å². The number of benzene rings is 2. The predicted octanol–water partition coefficient (Wildman–Crippen LogP) is 3.38.